The fraction of sp³-hybridized carbons (Fsp3) is 0.818. The third kappa shape index (κ3) is 9.00. The highest BCUT2D eigenvalue weighted by Crippen LogP contribution is 1.92. The lowest BCUT2D eigenvalue weighted by Crippen LogP contribution is -2.47. The summed E-state index contributed by atoms with van der Waals surface area (Å²) in [4.78, 5) is 24.6. The highest BCUT2D eigenvalue weighted by molar-refractivity contribution is 7.80. The van der Waals surface area contributed by atoms with Crippen LogP contribution in [0, 0.1) is 0 Å². The number of rotatable bonds is 8. The van der Waals surface area contributed by atoms with Crippen LogP contribution < -0.4 is 10.6 Å². The van der Waals surface area contributed by atoms with E-state index in [1.807, 2.05) is 14.1 Å². The summed E-state index contributed by atoms with van der Waals surface area (Å²) in [6.45, 7) is 3.04. The summed E-state index contributed by atoms with van der Waals surface area (Å²) >= 11 is 4.04. The van der Waals surface area contributed by atoms with Crippen LogP contribution in [0.2, 0.25) is 0 Å². The first-order valence-corrected chi connectivity index (χ1v) is 6.41. The van der Waals surface area contributed by atoms with Crippen LogP contribution in [0.1, 0.15) is 19.8 Å². The van der Waals surface area contributed by atoms with Crippen LogP contribution in [0.15, 0.2) is 0 Å². The molecule has 17 heavy (non-hydrogen) atoms. The Kier molecular flexibility index (Phi) is 8.89. The molecule has 0 rings (SSSR count). The number of nitrogens with zero attached hydrogens (tertiary/aromatic N) is 1. The van der Waals surface area contributed by atoms with Crippen molar-refractivity contribution in [3.63, 3.8) is 0 Å². The zero-order valence-corrected chi connectivity index (χ0v) is 11.7. The van der Waals surface area contributed by atoms with Gasteiger partial charge in [-0.15, -0.1) is 0 Å². The van der Waals surface area contributed by atoms with Gasteiger partial charge in [0.05, 0.1) is 0 Å². The van der Waals surface area contributed by atoms with Gasteiger partial charge in [0.2, 0.25) is 11.8 Å². The van der Waals surface area contributed by atoms with Gasteiger partial charge in [0, 0.05) is 19.2 Å². The summed E-state index contributed by atoms with van der Waals surface area (Å²) in [6, 6.07) is -0.537. The molecule has 0 aromatic rings. The molecule has 0 saturated carbocycles. The molecule has 0 saturated heterocycles. The maximum atomic E-state index is 11.6. The van der Waals surface area contributed by atoms with Crippen LogP contribution in [0.4, 0.5) is 0 Å². The molecule has 0 bridgehead atoms. The van der Waals surface area contributed by atoms with E-state index in [2.05, 4.69) is 28.2 Å². The van der Waals surface area contributed by atoms with E-state index in [9.17, 15) is 9.59 Å². The van der Waals surface area contributed by atoms with Crippen LogP contribution in [-0.4, -0.2) is 55.7 Å². The summed E-state index contributed by atoms with van der Waals surface area (Å²) in [5, 5.41) is 5.34. The van der Waals surface area contributed by atoms with Gasteiger partial charge < -0.3 is 15.5 Å². The van der Waals surface area contributed by atoms with Gasteiger partial charge in [-0.05, 0) is 33.5 Å². The molecular weight excluding hydrogens is 238 g/mol. The van der Waals surface area contributed by atoms with E-state index in [0.717, 1.165) is 19.4 Å². The molecule has 0 spiro atoms. The molecule has 0 aliphatic heterocycles. The van der Waals surface area contributed by atoms with Crippen molar-refractivity contribution in [2.24, 2.45) is 0 Å². The second kappa shape index (κ2) is 9.30. The molecule has 2 amide bonds. The fourth-order valence-electron chi connectivity index (χ4n) is 1.33. The number of unbranched alkanes of at least 4 members (excludes halogenated alkanes) is 1. The Morgan fingerprint density at radius 3 is 2.41 bits per heavy atom. The Morgan fingerprint density at radius 2 is 1.94 bits per heavy atom. The minimum atomic E-state index is -0.537. The van der Waals surface area contributed by atoms with E-state index in [-0.39, 0.29) is 11.8 Å². The monoisotopic (exact) mass is 261 g/mol. The van der Waals surface area contributed by atoms with Gasteiger partial charge in [-0.25, -0.2) is 0 Å². The SMILES string of the molecule is CC(=O)NC(CS)C(=O)NCCCCN(C)C. The van der Waals surface area contributed by atoms with Gasteiger partial charge >= 0.3 is 0 Å². The summed E-state index contributed by atoms with van der Waals surface area (Å²) in [5.41, 5.74) is 0. The number of carbonyl (C=O) groups is 2. The standard InChI is InChI=1S/C11H23N3O2S/c1-9(15)13-10(8-17)11(16)12-6-4-5-7-14(2)3/h10,17H,4-8H2,1-3H3,(H,12,16)(H,13,15). The zero-order chi connectivity index (χ0) is 13.3. The van der Waals surface area contributed by atoms with Gasteiger partial charge in [-0.3, -0.25) is 9.59 Å². The van der Waals surface area contributed by atoms with Crippen LogP contribution in [0.3, 0.4) is 0 Å². The maximum absolute atomic E-state index is 11.6. The topological polar surface area (TPSA) is 61.4 Å². The number of carbonyl (C=O) groups excluding carboxylic acids is 2. The van der Waals surface area contributed by atoms with E-state index in [1.165, 1.54) is 6.92 Å². The molecule has 0 fully saturated rings. The van der Waals surface area contributed by atoms with Crippen LogP contribution in [-0.2, 0) is 9.59 Å². The van der Waals surface area contributed by atoms with Gasteiger partial charge in [0.15, 0.2) is 0 Å². The summed E-state index contributed by atoms with van der Waals surface area (Å²) in [5.74, 6) is -0.0739. The molecule has 2 N–H and O–H groups in total. The molecule has 100 valence electrons. The normalized spacial score (nSPS) is 12.3. The lowest BCUT2D eigenvalue weighted by Gasteiger charge is -2.15. The first-order valence-electron chi connectivity index (χ1n) is 5.77. The Balaban J connectivity index is 3.72. The van der Waals surface area contributed by atoms with Gasteiger partial charge in [-0.1, -0.05) is 0 Å². The molecule has 0 radical (unpaired) electrons. The van der Waals surface area contributed by atoms with Gasteiger partial charge in [-0.2, -0.15) is 12.6 Å². The van der Waals surface area contributed by atoms with E-state index in [4.69, 9.17) is 0 Å². The second-order valence-electron chi connectivity index (χ2n) is 4.24. The number of amides is 2. The Hall–Kier alpha value is -0.750. The van der Waals surface area contributed by atoms with Crippen molar-refractivity contribution in [1.82, 2.24) is 15.5 Å². The quantitative estimate of drug-likeness (QED) is 0.422. The molecule has 0 aliphatic rings. The lowest BCUT2D eigenvalue weighted by atomic mass is 10.2. The van der Waals surface area contributed by atoms with E-state index < -0.39 is 6.04 Å². The molecule has 5 nitrogen and oxygen atoms in total. The number of thiol groups is 1. The number of hydrogen-bond donors (Lipinski definition) is 3. The van der Waals surface area contributed by atoms with E-state index in [0.29, 0.717) is 12.3 Å². The third-order valence-electron chi connectivity index (χ3n) is 2.21. The Bertz CT molecular complexity index is 247. The highest BCUT2D eigenvalue weighted by Gasteiger charge is 2.16. The van der Waals surface area contributed by atoms with Crippen molar-refractivity contribution in [2.45, 2.75) is 25.8 Å². The van der Waals surface area contributed by atoms with Crippen molar-refractivity contribution in [3.05, 3.63) is 0 Å². The smallest absolute Gasteiger partial charge is 0.243 e. The van der Waals surface area contributed by atoms with Crippen molar-refractivity contribution in [2.75, 3.05) is 32.9 Å². The van der Waals surface area contributed by atoms with Gasteiger partial charge in [0.25, 0.3) is 0 Å². The predicted octanol–water partition coefficient (Wildman–Crippen LogP) is -0.121. The van der Waals surface area contributed by atoms with Crippen molar-refractivity contribution >= 4 is 24.4 Å². The third-order valence-corrected chi connectivity index (χ3v) is 2.57. The van der Waals surface area contributed by atoms with Crippen molar-refractivity contribution in [3.8, 4) is 0 Å². The highest BCUT2D eigenvalue weighted by atomic mass is 32.1. The van der Waals surface area contributed by atoms with Crippen LogP contribution >= 0.6 is 12.6 Å². The molecule has 0 aromatic heterocycles. The Labute approximate surface area is 109 Å². The largest absolute Gasteiger partial charge is 0.354 e. The fourth-order valence-corrected chi connectivity index (χ4v) is 1.58. The summed E-state index contributed by atoms with van der Waals surface area (Å²) in [6.07, 6.45) is 1.97. The molecule has 0 heterocycles. The average molecular weight is 261 g/mol. The first-order chi connectivity index (χ1) is 7.97. The number of nitrogens with one attached hydrogen (secondary N) is 2. The Morgan fingerprint density at radius 1 is 1.29 bits per heavy atom. The number of hydrogen-bond acceptors (Lipinski definition) is 4. The summed E-state index contributed by atoms with van der Waals surface area (Å²) < 4.78 is 0. The molecule has 1 atom stereocenters. The summed E-state index contributed by atoms with van der Waals surface area (Å²) in [7, 11) is 4.04. The molecule has 1 unspecified atom stereocenters. The molecular formula is C11H23N3O2S. The van der Waals surface area contributed by atoms with E-state index >= 15 is 0 Å². The average Bonchev–Trinajstić information content (AvgIpc) is 2.24. The second-order valence-corrected chi connectivity index (χ2v) is 4.60. The lowest BCUT2D eigenvalue weighted by molar-refractivity contribution is -0.127. The van der Waals surface area contributed by atoms with Crippen molar-refractivity contribution in [1.29, 1.82) is 0 Å². The maximum Gasteiger partial charge on any atom is 0.243 e. The van der Waals surface area contributed by atoms with Gasteiger partial charge in [0.1, 0.15) is 6.04 Å². The minimum Gasteiger partial charge on any atom is -0.354 e. The van der Waals surface area contributed by atoms with Crippen molar-refractivity contribution < 1.29 is 9.59 Å². The molecule has 6 heteroatoms. The predicted molar refractivity (Wildman–Crippen MR) is 72.3 cm³/mol. The first kappa shape index (κ1) is 16.2. The van der Waals surface area contributed by atoms with Crippen LogP contribution in [0.5, 0.6) is 0 Å². The van der Waals surface area contributed by atoms with E-state index in [1.54, 1.807) is 0 Å². The molecule has 0 aromatic carbocycles. The van der Waals surface area contributed by atoms with Crippen LogP contribution in [0.25, 0.3) is 0 Å². The zero-order valence-electron chi connectivity index (χ0n) is 10.8. The molecule has 0 aliphatic carbocycles. The minimum absolute atomic E-state index is 0.167.